The van der Waals surface area contributed by atoms with Gasteiger partial charge in [-0.1, -0.05) is 6.92 Å². The first kappa shape index (κ1) is 17.5. The van der Waals surface area contributed by atoms with Crippen LogP contribution in [0.15, 0.2) is 16.6 Å². The van der Waals surface area contributed by atoms with Gasteiger partial charge in [0, 0.05) is 11.6 Å². The summed E-state index contributed by atoms with van der Waals surface area (Å²) in [4.78, 5) is 22.6. The van der Waals surface area contributed by atoms with Crippen LogP contribution in [0.25, 0.3) is 0 Å². The minimum Gasteiger partial charge on any atom is -0.490 e. The van der Waals surface area contributed by atoms with Crippen molar-refractivity contribution in [3.63, 3.8) is 0 Å². The van der Waals surface area contributed by atoms with Crippen molar-refractivity contribution in [2.75, 3.05) is 13.2 Å². The maximum atomic E-state index is 11.7. The molecule has 0 aliphatic rings. The number of hydrogen-bond donors (Lipinski definition) is 1. The summed E-state index contributed by atoms with van der Waals surface area (Å²) in [6, 6.07) is 3.31. The lowest BCUT2D eigenvalue weighted by molar-refractivity contribution is -0.123. The molecule has 1 amide bonds. The minimum absolute atomic E-state index is 0.105. The number of aldehydes is 1. The normalized spacial score (nSPS) is 11.6. The highest BCUT2D eigenvalue weighted by Gasteiger charge is 2.14. The van der Waals surface area contributed by atoms with E-state index in [0.29, 0.717) is 28.1 Å². The van der Waals surface area contributed by atoms with Gasteiger partial charge in [0.1, 0.15) is 6.29 Å². The second-order valence-corrected chi connectivity index (χ2v) is 5.40. The van der Waals surface area contributed by atoms with Crippen molar-refractivity contribution in [1.82, 2.24) is 5.32 Å². The molecule has 0 saturated carbocycles. The van der Waals surface area contributed by atoms with Crippen LogP contribution in [-0.2, 0) is 4.79 Å². The molecule has 1 rings (SSSR count). The smallest absolute Gasteiger partial charge is 0.258 e. The lowest BCUT2D eigenvalue weighted by Crippen LogP contribution is -2.35. The molecule has 116 valence electrons. The summed E-state index contributed by atoms with van der Waals surface area (Å²) in [6.45, 7) is 6.08. The predicted molar refractivity (Wildman–Crippen MR) is 84.1 cm³/mol. The maximum absolute atomic E-state index is 11.7. The van der Waals surface area contributed by atoms with E-state index in [1.165, 1.54) is 0 Å². The summed E-state index contributed by atoms with van der Waals surface area (Å²) in [5.41, 5.74) is 0.474. The first-order valence-electron chi connectivity index (χ1n) is 6.85. The molecular weight excluding hydrogens is 338 g/mol. The average Bonchev–Trinajstić information content (AvgIpc) is 2.46. The fourth-order valence-electron chi connectivity index (χ4n) is 1.62. The van der Waals surface area contributed by atoms with Crippen LogP contribution in [0.1, 0.15) is 37.6 Å². The minimum atomic E-state index is -0.196. The molecule has 1 atom stereocenters. The van der Waals surface area contributed by atoms with Gasteiger partial charge in [-0.25, -0.2) is 0 Å². The first-order valence-corrected chi connectivity index (χ1v) is 7.64. The van der Waals surface area contributed by atoms with Crippen LogP contribution in [0, 0.1) is 0 Å². The molecular formula is C15H20BrNO4. The average molecular weight is 358 g/mol. The van der Waals surface area contributed by atoms with Gasteiger partial charge >= 0.3 is 0 Å². The molecule has 5 nitrogen and oxygen atoms in total. The van der Waals surface area contributed by atoms with E-state index in [-0.39, 0.29) is 18.6 Å². The Hall–Kier alpha value is -1.56. The molecule has 0 heterocycles. The van der Waals surface area contributed by atoms with E-state index < -0.39 is 0 Å². The molecule has 0 radical (unpaired) electrons. The molecule has 1 aromatic carbocycles. The zero-order valence-corrected chi connectivity index (χ0v) is 14.0. The molecule has 0 bridgehead atoms. The van der Waals surface area contributed by atoms with Gasteiger partial charge in [-0.15, -0.1) is 0 Å². The fourth-order valence-corrected chi connectivity index (χ4v) is 2.19. The summed E-state index contributed by atoms with van der Waals surface area (Å²) in [7, 11) is 0. The van der Waals surface area contributed by atoms with E-state index in [1.807, 2.05) is 20.8 Å². The molecule has 0 fully saturated rings. The summed E-state index contributed by atoms with van der Waals surface area (Å²) in [5, 5.41) is 2.82. The number of carbonyl (C=O) groups excluding carboxylic acids is 2. The fraction of sp³-hybridized carbons (Fsp3) is 0.467. The molecule has 0 saturated heterocycles. The Balaban J connectivity index is 2.82. The molecule has 0 aliphatic carbocycles. The Morgan fingerprint density at radius 2 is 2.10 bits per heavy atom. The highest BCUT2D eigenvalue weighted by Crippen LogP contribution is 2.36. The second kappa shape index (κ2) is 8.67. The molecule has 1 unspecified atom stereocenters. The SMILES string of the molecule is CCOc1cc(C=O)cc(Br)c1OCC(=O)NC(C)CC. The number of hydrogen-bond acceptors (Lipinski definition) is 4. The third kappa shape index (κ3) is 5.38. The molecule has 1 N–H and O–H groups in total. The third-order valence-electron chi connectivity index (χ3n) is 2.84. The van der Waals surface area contributed by atoms with E-state index in [1.54, 1.807) is 12.1 Å². The second-order valence-electron chi connectivity index (χ2n) is 4.55. The third-order valence-corrected chi connectivity index (χ3v) is 3.42. The molecule has 0 spiro atoms. The highest BCUT2D eigenvalue weighted by molar-refractivity contribution is 9.10. The Bertz CT molecular complexity index is 505. The van der Waals surface area contributed by atoms with Crippen LogP contribution in [0.2, 0.25) is 0 Å². The predicted octanol–water partition coefficient (Wildman–Crippen LogP) is 2.95. The van der Waals surface area contributed by atoms with Crippen molar-refractivity contribution in [1.29, 1.82) is 0 Å². The number of rotatable bonds is 8. The number of carbonyl (C=O) groups is 2. The van der Waals surface area contributed by atoms with Crippen molar-refractivity contribution in [3.8, 4) is 11.5 Å². The number of amides is 1. The molecule has 0 aromatic heterocycles. The Labute approximate surface area is 133 Å². The van der Waals surface area contributed by atoms with Crippen LogP contribution in [-0.4, -0.2) is 31.4 Å². The zero-order chi connectivity index (χ0) is 15.8. The quantitative estimate of drug-likeness (QED) is 0.726. The van der Waals surface area contributed by atoms with Crippen molar-refractivity contribution < 1.29 is 19.1 Å². The summed E-state index contributed by atoms with van der Waals surface area (Å²) in [6.07, 6.45) is 1.58. The monoisotopic (exact) mass is 357 g/mol. The lowest BCUT2D eigenvalue weighted by atomic mass is 10.2. The number of benzene rings is 1. The van der Waals surface area contributed by atoms with Crippen LogP contribution < -0.4 is 14.8 Å². The standard InChI is InChI=1S/C15H20BrNO4/c1-4-10(3)17-14(19)9-21-15-12(16)6-11(8-18)7-13(15)20-5-2/h6-8,10H,4-5,9H2,1-3H3,(H,17,19). The largest absolute Gasteiger partial charge is 0.490 e. The van der Waals surface area contributed by atoms with Gasteiger partial charge in [-0.3, -0.25) is 9.59 Å². The summed E-state index contributed by atoms with van der Waals surface area (Å²) in [5.74, 6) is 0.658. The number of ether oxygens (including phenoxy) is 2. The topological polar surface area (TPSA) is 64.6 Å². The zero-order valence-electron chi connectivity index (χ0n) is 12.4. The van der Waals surface area contributed by atoms with Crippen LogP contribution >= 0.6 is 15.9 Å². The van der Waals surface area contributed by atoms with E-state index in [2.05, 4.69) is 21.2 Å². The first-order chi connectivity index (χ1) is 10.0. The molecule has 6 heteroatoms. The Kier molecular flexibility index (Phi) is 7.22. The molecule has 0 aliphatic heterocycles. The van der Waals surface area contributed by atoms with Gasteiger partial charge in [-0.05, 0) is 48.3 Å². The van der Waals surface area contributed by atoms with E-state index in [0.717, 1.165) is 12.7 Å². The van der Waals surface area contributed by atoms with Crippen LogP contribution in [0.3, 0.4) is 0 Å². The van der Waals surface area contributed by atoms with Gasteiger partial charge in [0.15, 0.2) is 18.1 Å². The molecule has 1 aromatic rings. The number of nitrogens with one attached hydrogen (secondary N) is 1. The van der Waals surface area contributed by atoms with Crippen molar-refractivity contribution in [3.05, 3.63) is 22.2 Å². The van der Waals surface area contributed by atoms with Gasteiger partial charge < -0.3 is 14.8 Å². The summed E-state index contributed by atoms with van der Waals surface area (Å²) >= 11 is 3.33. The van der Waals surface area contributed by atoms with Crippen LogP contribution in [0.4, 0.5) is 0 Å². The van der Waals surface area contributed by atoms with Crippen LogP contribution in [0.5, 0.6) is 11.5 Å². The lowest BCUT2D eigenvalue weighted by Gasteiger charge is -2.15. The highest BCUT2D eigenvalue weighted by atomic mass is 79.9. The van der Waals surface area contributed by atoms with E-state index in [4.69, 9.17) is 9.47 Å². The van der Waals surface area contributed by atoms with Gasteiger partial charge in [0.25, 0.3) is 5.91 Å². The van der Waals surface area contributed by atoms with Crippen molar-refractivity contribution in [2.45, 2.75) is 33.2 Å². The Morgan fingerprint density at radius 3 is 2.67 bits per heavy atom. The van der Waals surface area contributed by atoms with Gasteiger partial charge in [0.2, 0.25) is 0 Å². The molecule has 21 heavy (non-hydrogen) atoms. The number of halogens is 1. The Morgan fingerprint density at radius 1 is 1.38 bits per heavy atom. The van der Waals surface area contributed by atoms with Crippen molar-refractivity contribution >= 4 is 28.1 Å². The summed E-state index contributed by atoms with van der Waals surface area (Å²) < 4.78 is 11.6. The van der Waals surface area contributed by atoms with E-state index in [9.17, 15) is 9.59 Å². The maximum Gasteiger partial charge on any atom is 0.258 e. The van der Waals surface area contributed by atoms with E-state index >= 15 is 0 Å². The van der Waals surface area contributed by atoms with Gasteiger partial charge in [0.05, 0.1) is 11.1 Å². The van der Waals surface area contributed by atoms with Crippen molar-refractivity contribution in [2.24, 2.45) is 0 Å². The van der Waals surface area contributed by atoms with Gasteiger partial charge in [-0.2, -0.15) is 0 Å².